The molecule has 0 amide bonds. The second kappa shape index (κ2) is 15.0. The smallest absolute Gasteiger partial charge is 0.303 e. The number of rotatable bonds is 10. The number of carboxylic acids is 1. The van der Waals surface area contributed by atoms with Crippen LogP contribution in [0.15, 0.2) is 72.8 Å². The van der Waals surface area contributed by atoms with Gasteiger partial charge in [-0.05, 0) is 47.9 Å². The van der Waals surface area contributed by atoms with Gasteiger partial charge in [0.15, 0.2) is 0 Å². The third-order valence-electron chi connectivity index (χ3n) is 6.96. The Kier molecular flexibility index (Phi) is 10.4. The van der Waals surface area contributed by atoms with Gasteiger partial charge in [-0.15, -0.1) is 0 Å². The molecule has 5 aromatic rings. The number of piperazine rings is 1. The van der Waals surface area contributed by atoms with E-state index < -0.39 is 5.97 Å². The molecule has 12 heteroatoms. The van der Waals surface area contributed by atoms with Crippen molar-refractivity contribution in [3.8, 4) is 0 Å². The molecule has 0 bridgehead atoms. The second-order valence-corrected chi connectivity index (χ2v) is 11.2. The molecule has 11 nitrogen and oxygen atoms in total. The summed E-state index contributed by atoms with van der Waals surface area (Å²) >= 11 is 1.61. The number of nitrogens with one attached hydrogen (secondary N) is 2. The van der Waals surface area contributed by atoms with Gasteiger partial charge in [-0.25, -0.2) is 19.9 Å². The molecule has 3 aromatic heterocycles. The molecule has 0 saturated carbocycles. The Balaban J connectivity index is 0.00000123. The molecule has 4 heterocycles. The van der Waals surface area contributed by atoms with Crippen LogP contribution in [0.5, 0.6) is 0 Å². The predicted molar refractivity (Wildman–Crippen MR) is 171 cm³/mol. The van der Waals surface area contributed by atoms with E-state index in [-0.39, 0.29) is 12.9 Å². The Hall–Kier alpha value is -4.94. The van der Waals surface area contributed by atoms with Gasteiger partial charge in [-0.1, -0.05) is 53.8 Å². The first-order valence-corrected chi connectivity index (χ1v) is 15.1. The van der Waals surface area contributed by atoms with Crippen LogP contribution in [0.25, 0.3) is 10.3 Å². The van der Waals surface area contributed by atoms with E-state index in [1.54, 1.807) is 11.3 Å². The maximum atomic E-state index is 10.9. The van der Waals surface area contributed by atoms with Gasteiger partial charge < -0.3 is 25.7 Å². The lowest BCUT2D eigenvalue weighted by Gasteiger charge is -2.28. The maximum Gasteiger partial charge on any atom is 0.303 e. The van der Waals surface area contributed by atoms with Crippen LogP contribution < -0.4 is 15.5 Å². The van der Waals surface area contributed by atoms with Gasteiger partial charge in [0.05, 0.1) is 11.4 Å². The highest BCUT2D eigenvalue weighted by molar-refractivity contribution is 7.18. The molecule has 44 heavy (non-hydrogen) atoms. The van der Waals surface area contributed by atoms with Gasteiger partial charge in [0, 0.05) is 51.1 Å². The van der Waals surface area contributed by atoms with E-state index in [1.165, 1.54) is 5.56 Å². The van der Waals surface area contributed by atoms with Crippen molar-refractivity contribution in [3.05, 3.63) is 100 Å². The molecule has 1 fully saturated rings. The van der Waals surface area contributed by atoms with Crippen LogP contribution in [-0.2, 0) is 28.9 Å². The minimum absolute atomic E-state index is 0.110. The number of pyridine rings is 1. The van der Waals surface area contributed by atoms with Crippen LogP contribution in [0, 0.1) is 0 Å². The van der Waals surface area contributed by atoms with E-state index in [2.05, 4.69) is 45.9 Å². The summed E-state index contributed by atoms with van der Waals surface area (Å²) in [4.78, 5) is 41.9. The number of benzene rings is 2. The Morgan fingerprint density at radius 2 is 1.61 bits per heavy atom. The highest BCUT2D eigenvalue weighted by Crippen LogP contribution is 2.26. The number of aryl methyl sites for hydroxylation is 1. The van der Waals surface area contributed by atoms with Gasteiger partial charge in [0.1, 0.15) is 21.2 Å². The van der Waals surface area contributed by atoms with E-state index >= 15 is 0 Å². The third-order valence-corrected chi connectivity index (χ3v) is 7.92. The van der Waals surface area contributed by atoms with Gasteiger partial charge in [-0.3, -0.25) is 9.59 Å². The fourth-order valence-corrected chi connectivity index (χ4v) is 5.83. The fourth-order valence-electron chi connectivity index (χ4n) is 4.88. The molecule has 0 radical (unpaired) electrons. The van der Waals surface area contributed by atoms with Crippen molar-refractivity contribution >= 4 is 51.6 Å². The maximum absolute atomic E-state index is 10.9. The number of carbonyl (C=O) groups is 2. The number of anilines is 3. The summed E-state index contributed by atoms with van der Waals surface area (Å²) < 4.78 is 0. The summed E-state index contributed by atoms with van der Waals surface area (Å²) in [5.41, 5.74) is 5.70. The highest BCUT2D eigenvalue weighted by Gasteiger charge is 2.15. The number of nitrogens with zero attached hydrogens (tertiary/aromatic N) is 5. The second-order valence-electron chi connectivity index (χ2n) is 10.2. The van der Waals surface area contributed by atoms with Gasteiger partial charge in [-0.2, -0.15) is 0 Å². The third kappa shape index (κ3) is 8.55. The van der Waals surface area contributed by atoms with Crippen LogP contribution in [0.2, 0.25) is 0 Å². The molecule has 4 N–H and O–H groups in total. The van der Waals surface area contributed by atoms with Crippen molar-refractivity contribution in [2.45, 2.75) is 25.7 Å². The van der Waals surface area contributed by atoms with Crippen LogP contribution >= 0.6 is 11.3 Å². The average Bonchev–Trinajstić information content (AvgIpc) is 3.43. The van der Waals surface area contributed by atoms with Gasteiger partial charge in [0.2, 0.25) is 5.95 Å². The molecular formula is C32H33N7O4S. The lowest BCUT2D eigenvalue weighted by Crippen LogP contribution is -2.43. The summed E-state index contributed by atoms with van der Waals surface area (Å²) in [5, 5.41) is 23.5. The standard InChI is InChI=1S/C31H31N7O2S.CH2O2/c39-29(40)13-8-21-6-9-23(10-7-21)33-31-34-24(18-22-4-2-1-3-5-22)19-25(35-31)20-28-36-26-11-12-27(37-30(26)41-28)38-16-14-32-15-17-38;2-1-3/h1-7,9-12,19,32H,8,13-18,20H2,(H,39,40)(H,33,34,35);1H,(H,2,3). The molecule has 6 rings (SSSR count). The molecule has 0 atom stereocenters. The molecular weight excluding hydrogens is 578 g/mol. The largest absolute Gasteiger partial charge is 0.483 e. The Bertz CT molecular complexity index is 1690. The minimum atomic E-state index is -0.799. The topological polar surface area (TPSA) is 153 Å². The first-order valence-electron chi connectivity index (χ1n) is 14.3. The van der Waals surface area contributed by atoms with Crippen LogP contribution in [0.1, 0.15) is 33.9 Å². The zero-order valence-corrected chi connectivity index (χ0v) is 24.8. The summed E-state index contributed by atoms with van der Waals surface area (Å²) in [5.74, 6) is 0.723. The van der Waals surface area contributed by atoms with Gasteiger partial charge >= 0.3 is 5.97 Å². The lowest BCUT2D eigenvalue weighted by molar-refractivity contribution is -0.137. The average molecular weight is 612 g/mol. The number of aromatic nitrogens is 4. The monoisotopic (exact) mass is 611 g/mol. The van der Waals surface area contributed by atoms with Crippen LogP contribution in [0.4, 0.5) is 17.5 Å². The van der Waals surface area contributed by atoms with Crippen molar-refractivity contribution in [2.75, 3.05) is 36.4 Å². The number of hydrogen-bond donors (Lipinski definition) is 4. The normalized spacial score (nSPS) is 12.8. The molecule has 0 unspecified atom stereocenters. The van der Waals surface area contributed by atoms with Crippen molar-refractivity contribution in [1.82, 2.24) is 25.3 Å². The minimum Gasteiger partial charge on any atom is -0.483 e. The first-order chi connectivity index (χ1) is 21.5. The predicted octanol–water partition coefficient (Wildman–Crippen LogP) is 4.53. The number of fused-ring (bicyclic) bond motifs is 1. The molecule has 2 aromatic carbocycles. The summed E-state index contributed by atoms with van der Waals surface area (Å²) in [6.45, 7) is 3.60. The molecule has 1 aliphatic heterocycles. The van der Waals surface area contributed by atoms with Crippen molar-refractivity contribution in [2.24, 2.45) is 0 Å². The Labute approximate surface area is 258 Å². The molecule has 0 aliphatic carbocycles. The van der Waals surface area contributed by atoms with E-state index in [1.807, 2.05) is 42.5 Å². The SMILES string of the molecule is O=C(O)CCc1ccc(Nc2nc(Cc3ccccc3)cc(Cc3nc4ccc(N5CCNCC5)nc4s3)n2)cc1.O=CO. The molecule has 1 aliphatic rings. The number of aliphatic carboxylic acids is 1. The molecule has 226 valence electrons. The first kappa shape index (κ1) is 30.5. The van der Waals surface area contributed by atoms with Gasteiger partial charge in [0.25, 0.3) is 6.47 Å². The zero-order chi connectivity index (χ0) is 30.7. The van der Waals surface area contributed by atoms with Crippen molar-refractivity contribution in [1.29, 1.82) is 0 Å². The molecule has 0 spiro atoms. The Morgan fingerprint density at radius 1 is 0.909 bits per heavy atom. The highest BCUT2D eigenvalue weighted by atomic mass is 32.1. The van der Waals surface area contributed by atoms with E-state index in [0.29, 0.717) is 25.2 Å². The zero-order valence-electron chi connectivity index (χ0n) is 24.0. The van der Waals surface area contributed by atoms with E-state index in [9.17, 15) is 4.79 Å². The summed E-state index contributed by atoms with van der Waals surface area (Å²) in [6, 6.07) is 24.2. The van der Waals surface area contributed by atoms with Crippen molar-refractivity contribution < 1.29 is 19.8 Å². The number of thiazole rings is 1. The number of carboxylic acid groups (broad SMARTS) is 2. The van der Waals surface area contributed by atoms with Crippen LogP contribution in [-0.4, -0.2) is 68.8 Å². The lowest BCUT2D eigenvalue weighted by atomic mass is 10.1. The van der Waals surface area contributed by atoms with E-state index in [4.69, 9.17) is 34.9 Å². The Morgan fingerprint density at radius 3 is 2.32 bits per heavy atom. The summed E-state index contributed by atoms with van der Waals surface area (Å²) in [6.07, 6.45) is 1.88. The van der Waals surface area contributed by atoms with Crippen LogP contribution in [0.3, 0.4) is 0 Å². The fraction of sp³-hybridized carbons (Fsp3) is 0.250. The summed E-state index contributed by atoms with van der Waals surface area (Å²) in [7, 11) is 0. The quantitative estimate of drug-likeness (QED) is 0.165. The van der Waals surface area contributed by atoms with E-state index in [0.717, 1.165) is 70.0 Å². The molecule has 1 saturated heterocycles. The number of hydrogen-bond acceptors (Lipinski definition) is 10. The van der Waals surface area contributed by atoms with Crippen molar-refractivity contribution in [3.63, 3.8) is 0 Å².